The van der Waals surface area contributed by atoms with Crippen LogP contribution in [0, 0.1) is 5.82 Å². The summed E-state index contributed by atoms with van der Waals surface area (Å²) < 4.78 is 20.6. The quantitative estimate of drug-likeness (QED) is 0.273. The second kappa shape index (κ2) is 10.1. The first-order chi connectivity index (χ1) is 17.6. The number of nitrogens with one attached hydrogen (secondary N) is 1. The van der Waals surface area contributed by atoms with E-state index in [1.807, 2.05) is 36.4 Å². The Morgan fingerprint density at radius 1 is 0.944 bits per heavy atom. The molecule has 0 unspecified atom stereocenters. The van der Waals surface area contributed by atoms with Crippen LogP contribution in [0.1, 0.15) is 6.92 Å². The van der Waals surface area contributed by atoms with E-state index < -0.39 is 5.82 Å². The minimum Gasteiger partial charge on any atom is -0.436 e. The SMILES string of the molecule is C/C=C/C(=O)Nc1cccc(-c2cc(-c3ccc(Oc4ccccn4)c(F)c3)cc3cncnc23)c1. The van der Waals surface area contributed by atoms with Crippen LogP contribution >= 0.6 is 0 Å². The Labute approximate surface area is 207 Å². The fourth-order valence-electron chi connectivity index (χ4n) is 3.87. The minimum absolute atomic E-state index is 0.0892. The molecule has 0 bridgehead atoms. The Kier molecular flexibility index (Phi) is 6.44. The lowest BCUT2D eigenvalue weighted by Crippen LogP contribution is -2.07. The van der Waals surface area contributed by atoms with Gasteiger partial charge in [-0.25, -0.2) is 19.3 Å². The van der Waals surface area contributed by atoms with Crippen LogP contribution in [0.15, 0.2) is 104 Å². The second-order valence-electron chi connectivity index (χ2n) is 7.97. The second-order valence-corrected chi connectivity index (χ2v) is 7.97. The maximum atomic E-state index is 15.0. The number of benzene rings is 3. The highest BCUT2D eigenvalue weighted by Gasteiger charge is 2.13. The molecular weight excluding hydrogens is 455 g/mol. The molecule has 0 atom stereocenters. The van der Waals surface area contributed by atoms with Crippen LogP contribution in [0.5, 0.6) is 11.6 Å². The van der Waals surface area contributed by atoms with Gasteiger partial charge in [0.1, 0.15) is 6.33 Å². The molecule has 1 amide bonds. The number of ether oxygens (including phenoxy) is 1. The van der Waals surface area contributed by atoms with E-state index in [1.54, 1.807) is 55.7 Å². The molecule has 7 heteroatoms. The number of allylic oxidation sites excluding steroid dienone is 1. The molecule has 2 heterocycles. The average molecular weight is 477 g/mol. The normalized spacial score (nSPS) is 11.1. The van der Waals surface area contributed by atoms with Gasteiger partial charge < -0.3 is 10.1 Å². The molecule has 0 radical (unpaired) electrons. The number of hydrogen-bond donors (Lipinski definition) is 1. The van der Waals surface area contributed by atoms with E-state index in [0.717, 1.165) is 27.6 Å². The fraction of sp³-hybridized carbons (Fsp3) is 0.0345. The van der Waals surface area contributed by atoms with Crippen molar-refractivity contribution in [2.24, 2.45) is 0 Å². The van der Waals surface area contributed by atoms with Crippen LogP contribution in [-0.4, -0.2) is 20.9 Å². The first kappa shape index (κ1) is 22.9. The molecule has 0 spiro atoms. The molecule has 0 saturated carbocycles. The zero-order chi connectivity index (χ0) is 24.9. The number of carbonyl (C=O) groups excluding carboxylic acids is 1. The van der Waals surface area contributed by atoms with Crippen molar-refractivity contribution in [2.75, 3.05) is 5.32 Å². The van der Waals surface area contributed by atoms with Crippen molar-refractivity contribution in [2.45, 2.75) is 6.92 Å². The van der Waals surface area contributed by atoms with Crippen LogP contribution in [0.2, 0.25) is 0 Å². The molecule has 6 nitrogen and oxygen atoms in total. The molecule has 0 saturated heterocycles. The van der Waals surface area contributed by atoms with E-state index in [9.17, 15) is 9.18 Å². The number of carbonyl (C=O) groups is 1. The standard InChI is InChI=1S/C29H21FN4O2/c1-2-6-27(35)34-23-8-5-7-20(14-23)24-15-21(13-22-17-31-18-33-29(22)24)19-10-11-26(25(30)16-19)36-28-9-3-4-12-32-28/h2-18H,1H3,(H,34,35)/b6-2+. The Balaban J connectivity index is 1.55. The average Bonchev–Trinajstić information content (AvgIpc) is 2.90. The lowest BCUT2D eigenvalue weighted by molar-refractivity contribution is -0.111. The summed E-state index contributed by atoms with van der Waals surface area (Å²) in [5.74, 6) is -0.307. The smallest absolute Gasteiger partial charge is 0.248 e. The lowest BCUT2D eigenvalue weighted by atomic mass is 9.95. The number of hydrogen-bond acceptors (Lipinski definition) is 5. The van der Waals surface area contributed by atoms with Gasteiger partial charge in [-0.3, -0.25) is 4.79 Å². The van der Waals surface area contributed by atoms with E-state index in [0.29, 0.717) is 17.1 Å². The lowest BCUT2D eigenvalue weighted by Gasteiger charge is -2.12. The molecule has 0 aliphatic carbocycles. The minimum atomic E-state index is -0.502. The summed E-state index contributed by atoms with van der Waals surface area (Å²) in [5.41, 5.74) is 4.56. The van der Waals surface area contributed by atoms with Crippen LogP contribution in [0.4, 0.5) is 10.1 Å². The van der Waals surface area contributed by atoms with Crippen molar-refractivity contribution in [3.05, 3.63) is 109 Å². The highest BCUT2D eigenvalue weighted by Crippen LogP contribution is 2.35. The Bertz CT molecular complexity index is 1590. The molecule has 1 N–H and O–H groups in total. The maximum absolute atomic E-state index is 15.0. The van der Waals surface area contributed by atoms with E-state index >= 15 is 0 Å². The molecule has 0 aliphatic heterocycles. The molecule has 0 aliphatic rings. The largest absolute Gasteiger partial charge is 0.436 e. The number of anilines is 1. The summed E-state index contributed by atoms with van der Waals surface area (Å²) in [6.07, 6.45) is 7.94. The molecule has 2 aromatic heterocycles. The predicted octanol–water partition coefficient (Wildman–Crippen LogP) is 6.80. The van der Waals surface area contributed by atoms with Gasteiger partial charge in [-0.1, -0.05) is 30.3 Å². The van der Waals surface area contributed by atoms with Gasteiger partial charge in [0.2, 0.25) is 11.8 Å². The van der Waals surface area contributed by atoms with Gasteiger partial charge in [0.15, 0.2) is 11.6 Å². The van der Waals surface area contributed by atoms with Crippen LogP contribution in [-0.2, 0) is 4.79 Å². The summed E-state index contributed by atoms with van der Waals surface area (Å²) in [6.45, 7) is 1.79. The summed E-state index contributed by atoms with van der Waals surface area (Å²) in [4.78, 5) is 24.7. The van der Waals surface area contributed by atoms with Gasteiger partial charge in [-0.15, -0.1) is 0 Å². The molecular formula is C29H21FN4O2. The number of aromatic nitrogens is 3. The van der Waals surface area contributed by atoms with Crippen molar-refractivity contribution >= 4 is 22.5 Å². The molecule has 0 fully saturated rings. The highest BCUT2D eigenvalue weighted by atomic mass is 19.1. The topological polar surface area (TPSA) is 77.0 Å². The van der Waals surface area contributed by atoms with Crippen LogP contribution in [0.3, 0.4) is 0 Å². The van der Waals surface area contributed by atoms with Crippen molar-refractivity contribution in [1.82, 2.24) is 15.0 Å². The van der Waals surface area contributed by atoms with Crippen LogP contribution < -0.4 is 10.1 Å². The molecule has 5 rings (SSSR count). The Hall–Kier alpha value is -4.91. The first-order valence-corrected chi connectivity index (χ1v) is 11.3. The van der Waals surface area contributed by atoms with Gasteiger partial charge in [0.25, 0.3) is 0 Å². The first-order valence-electron chi connectivity index (χ1n) is 11.3. The fourth-order valence-corrected chi connectivity index (χ4v) is 3.87. The zero-order valence-electron chi connectivity index (χ0n) is 19.4. The molecule has 5 aromatic rings. The van der Waals surface area contributed by atoms with E-state index in [1.165, 1.54) is 18.5 Å². The van der Waals surface area contributed by atoms with Gasteiger partial charge in [-0.05, 0) is 72.2 Å². The Morgan fingerprint density at radius 3 is 2.67 bits per heavy atom. The third-order valence-corrected chi connectivity index (χ3v) is 5.48. The van der Waals surface area contributed by atoms with E-state index in [2.05, 4.69) is 20.3 Å². The third kappa shape index (κ3) is 4.95. The number of amides is 1. The third-order valence-electron chi connectivity index (χ3n) is 5.48. The molecule has 3 aromatic carbocycles. The number of fused-ring (bicyclic) bond motifs is 1. The number of nitrogens with zero attached hydrogens (tertiary/aromatic N) is 3. The predicted molar refractivity (Wildman–Crippen MR) is 138 cm³/mol. The van der Waals surface area contributed by atoms with Crippen molar-refractivity contribution < 1.29 is 13.9 Å². The van der Waals surface area contributed by atoms with Gasteiger partial charge in [0.05, 0.1) is 5.52 Å². The van der Waals surface area contributed by atoms with Crippen LogP contribution in [0.25, 0.3) is 33.2 Å². The van der Waals surface area contributed by atoms with Crippen molar-refractivity contribution in [1.29, 1.82) is 0 Å². The zero-order valence-corrected chi connectivity index (χ0v) is 19.4. The molecule has 176 valence electrons. The van der Waals surface area contributed by atoms with E-state index in [4.69, 9.17) is 4.74 Å². The summed E-state index contributed by atoms with van der Waals surface area (Å²) in [5, 5.41) is 3.66. The van der Waals surface area contributed by atoms with Gasteiger partial charge in [0, 0.05) is 35.1 Å². The van der Waals surface area contributed by atoms with Crippen molar-refractivity contribution in [3.8, 4) is 33.9 Å². The summed E-state index contributed by atoms with van der Waals surface area (Å²) >= 11 is 0. The van der Waals surface area contributed by atoms with E-state index in [-0.39, 0.29) is 11.7 Å². The van der Waals surface area contributed by atoms with Gasteiger partial charge >= 0.3 is 0 Å². The maximum Gasteiger partial charge on any atom is 0.248 e. The number of pyridine rings is 1. The number of halogens is 1. The van der Waals surface area contributed by atoms with Gasteiger partial charge in [-0.2, -0.15) is 0 Å². The van der Waals surface area contributed by atoms with Crippen molar-refractivity contribution in [3.63, 3.8) is 0 Å². The molecule has 36 heavy (non-hydrogen) atoms. The Morgan fingerprint density at radius 2 is 1.86 bits per heavy atom. The summed E-state index contributed by atoms with van der Waals surface area (Å²) in [7, 11) is 0. The number of rotatable bonds is 6. The summed E-state index contributed by atoms with van der Waals surface area (Å²) in [6, 6.07) is 21.4. The monoisotopic (exact) mass is 476 g/mol. The highest BCUT2D eigenvalue weighted by molar-refractivity contribution is 6.01.